The molecule has 0 radical (unpaired) electrons. The number of imidazole rings is 1. The van der Waals surface area contributed by atoms with Crippen LogP contribution in [0, 0.1) is 0 Å². The first kappa shape index (κ1) is 13.4. The molecular formula is C15H17N5O. The number of amides is 1. The van der Waals surface area contributed by atoms with E-state index in [0.29, 0.717) is 13.1 Å². The Balaban J connectivity index is 1.63. The number of aromatic nitrogens is 4. The average Bonchev–Trinajstić information content (AvgIpc) is 3.11. The van der Waals surface area contributed by atoms with Crippen LogP contribution >= 0.6 is 0 Å². The van der Waals surface area contributed by atoms with E-state index in [0.717, 1.165) is 23.3 Å². The summed E-state index contributed by atoms with van der Waals surface area (Å²) in [5.41, 5.74) is 2.01. The third kappa shape index (κ3) is 2.79. The predicted octanol–water partition coefficient (Wildman–Crippen LogP) is 1.41. The van der Waals surface area contributed by atoms with Crippen molar-refractivity contribution in [3.8, 4) is 0 Å². The van der Waals surface area contributed by atoms with Gasteiger partial charge in [0.1, 0.15) is 12.4 Å². The van der Waals surface area contributed by atoms with Crippen molar-refractivity contribution in [1.82, 2.24) is 24.5 Å². The number of carbonyl (C=O) groups is 1. The number of nitrogens with one attached hydrogen (secondary N) is 1. The average molecular weight is 283 g/mol. The van der Waals surface area contributed by atoms with Gasteiger partial charge in [0.25, 0.3) is 0 Å². The zero-order valence-electron chi connectivity index (χ0n) is 11.9. The van der Waals surface area contributed by atoms with Crippen LogP contribution in [0.15, 0.2) is 43.0 Å². The summed E-state index contributed by atoms with van der Waals surface area (Å²) in [4.78, 5) is 16.2. The summed E-state index contributed by atoms with van der Waals surface area (Å²) >= 11 is 0. The lowest BCUT2D eigenvalue weighted by Gasteiger charge is -2.07. The number of hydrogen-bond acceptors (Lipinski definition) is 3. The lowest BCUT2D eigenvalue weighted by atomic mass is 10.2. The van der Waals surface area contributed by atoms with E-state index in [4.69, 9.17) is 0 Å². The Labute approximate surface area is 122 Å². The molecule has 0 spiro atoms. The molecule has 0 aliphatic heterocycles. The van der Waals surface area contributed by atoms with Crippen LogP contribution in [0.25, 0.3) is 5.52 Å². The van der Waals surface area contributed by atoms with Gasteiger partial charge in [0, 0.05) is 37.1 Å². The van der Waals surface area contributed by atoms with E-state index in [1.807, 2.05) is 42.1 Å². The third-order valence-electron chi connectivity index (χ3n) is 3.41. The predicted molar refractivity (Wildman–Crippen MR) is 78.6 cm³/mol. The molecule has 108 valence electrons. The van der Waals surface area contributed by atoms with Gasteiger partial charge in [-0.15, -0.1) is 0 Å². The number of pyridine rings is 1. The second kappa shape index (κ2) is 5.78. The van der Waals surface area contributed by atoms with Gasteiger partial charge in [-0.2, -0.15) is 5.10 Å². The molecule has 0 aromatic carbocycles. The molecule has 3 aromatic rings. The number of aryl methyl sites for hydroxylation is 1. The summed E-state index contributed by atoms with van der Waals surface area (Å²) < 4.78 is 3.66. The second-order valence-electron chi connectivity index (χ2n) is 4.80. The molecule has 0 atom stereocenters. The van der Waals surface area contributed by atoms with Crippen molar-refractivity contribution in [1.29, 1.82) is 0 Å². The standard InChI is InChI=1S/C15H17N5O/c1-2-14-16-6-8-19(14)11-15(21)17-9-12-10-18-20-7-4-3-5-13(12)20/h3-8,10H,2,9,11H2,1H3,(H,17,21). The zero-order chi connectivity index (χ0) is 14.7. The number of rotatable bonds is 5. The molecule has 1 amide bonds. The molecule has 0 aliphatic carbocycles. The van der Waals surface area contributed by atoms with Crippen LogP contribution in [0.4, 0.5) is 0 Å². The molecule has 0 saturated heterocycles. The van der Waals surface area contributed by atoms with Crippen LogP contribution in [-0.4, -0.2) is 25.1 Å². The monoisotopic (exact) mass is 283 g/mol. The molecule has 21 heavy (non-hydrogen) atoms. The van der Waals surface area contributed by atoms with Gasteiger partial charge < -0.3 is 9.88 Å². The van der Waals surface area contributed by atoms with Gasteiger partial charge in [0.05, 0.1) is 11.7 Å². The first-order valence-electron chi connectivity index (χ1n) is 6.96. The van der Waals surface area contributed by atoms with Crippen molar-refractivity contribution in [3.63, 3.8) is 0 Å². The highest BCUT2D eigenvalue weighted by atomic mass is 16.1. The minimum absolute atomic E-state index is 0.0296. The van der Waals surface area contributed by atoms with Gasteiger partial charge >= 0.3 is 0 Å². The molecule has 3 rings (SSSR count). The van der Waals surface area contributed by atoms with Crippen molar-refractivity contribution in [2.75, 3.05) is 0 Å². The van der Waals surface area contributed by atoms with Crippen LogP contribution in [0.2, 0.25) is 0 Å². The first-order chi connectivity index (χ1) is 10.3. The summed E-state index contributed by atoms with van der Waals surface area (Å²) in [5, 5.41) is 7.18. The molecule has 3 aromatic heterocycles. The van der Waals surface area contributed by atoms with Crippen molar-refractivity contribution in [2.45, 2.75) is 26.4 Å². The Hall–Kier alpha value is -2.63. The fourth-order valence-corrected chi connectivity index (χ4v) is 2.33. The van der Waals surface area contributed by atoms with Gasteiger partial charge in [0.2, 0.25) is 5.91 Å². The van der Waals surface area contributed by atoms with E-state index in [-0.39, 0.29) is 5.91 Å². The minimum atomic E-state index is -0.0296. The van der Waals surface area contributed by atoms with Gasteiger partial charge in [-0.3, -0.25) is 4.79 Å². The lowest BCUT2D eigenvalue weighted by molar-refractivity contribution is -0.121. The van der Waals surface area contributed by atoms with Gasteiger partial charge in [-0.25, -0.2) is 9.50 Å². The van der Waals surface area contributed by atoms with Gasteiger partial charge in [-0.05, 0) is 12.1 Å². The molecular weight excluding hydrogens is 266 g/mol. The summed E-state index contributed by atoms with van der Waals surface area (Å²) in [6.07, 6.45) is 8.03. The van der Waals surface area contributed by atoms with E-state index >= 15 is 0 Å². The molecule has 6 heteroatoms. The molecule has 1 N–H and O–H groups in total. The SMILES string of the molecule is CCc1nccn1CC(=O)NCc1cnn2ccccc12. The summed E-state index contributed by atoms with van der Waals surface area (Å²) in [6, 6.07) is 5.87. The Kier molecular flexibility index (Phi) is 3.68. The van der Waals surface area contributed by atoms with Crippen LogP contribution in [-0.2, 0) is 24.3 Å². The topological polar surface area (TPSA) is 64.2 Å². The van der Waals surface area contributed by atoms with E-state index in [1.54, 1.807) is 16.9 Å². The summed E-state index contributed by atoms with van der Waals surface area (Å²) in [5.74, 6) is 0.888. The quantitative estimate of drug-likeness (QED) is 0.770. The van der Waals surface area contributed by atoms with Crippen molar-refractivity contribution >= 4 is 11.4 Å². The molecule has 0 unspecified atom stereocenters. The third-order valence-corrected chi connectivity index (χ3v) is 3.41. The minimum Gasteiger partial charge on any atom is -0.350 e. The maximum absolute atomic E-state index is 12.0. The molecule has 0 saturated carbocycles. The molecule has 0 aliphatic rings. The first-order valence-corrected chi connectivity index (χ1v) is 6.96. The highest BCUT2D eigenvalue weighted by Gasteiger charge is 2.08. The van der Waals surface area contributed by atoms with Crippen molar-refractivity contribution in [3.05, 3.63) is 54.4 Å². The normalized spacial score (nSPS) is 10.9. The largest absolute Gasteiger partial charge is 0.350 e. The van der Waals surface area contributed by atoms with Crippen LogP contribution in [0.1, 0.15) is 18.3 Å². The summed E-state index contributed by atoms with van der Waals surface area (Å²) in [7, 11) is 0. The Morgan fingerprint density at radius 3 is 3.10 bits per heavy atom. The maximum Gasteiger partial charge on any atom is 0.240 e. The molecule has 6 nitrogen and oxygen atoms in total. The number of carbonyl (C=O) groups excluding carboxylic acids is 1. The number of fused-ring (bicyclic) bond motifs is 1. The Morgan fingerprint density at radius 1 is 1.33 bits per heavy atom. The van der Waals surface area contributed by atoms with E-state index < -0.39 is 0 Å². The molecule has 3 heterocycles. The zero-order valence-corrected chi connectivity index (χ0v) is 11.9. The van der Waals surface area contributed by atoms with E-state index in [2.05, 4.69) is 15.4 Å². The smallest absolute Gasteiger partial charge is 0.240 e. The van der Waals surface area contributed by atoms with Crippen LogP contribution in [0.5, 0.6) is 0 Å². The number of nitrogens with zero attached hydrogens (tertiary/aromatic N) is 4. The van der Waals surface area contributed by atoms with Crippen molar-refractivity contribution < 1.29 is 4.79 Å². The second-order valence-corrected chi connectivity index (χ2v) is 4.80. The van der Waals surface area contributed by atoms with Crippen LogP contribution in [0.3, 0.4) is 0 Å². The fourth-order valence-electron chi connectivity index (χ4n) is 2.33. The van der Waals surface area contributed by atoms with E-state index in [9.17, 15) is 4.79 Å². The van der Waals surface area contributed by atoms with E-state index in [1.165, 1.54) is 0 Å². The van der Waals surface area contributed by atoms with Crippen molar-refractivity contribution in [2.24, 2.45) is 0 Å². The lowest BCUT2D eigenvalue weighted by Crippen LogP contribution is -2.27. The summed E-state index contributed by atoms with van der Waals surface area (Å²) in [6.45, 7) is 2.79. The number of hydrogen-bond donors (Lipinski definition) is 1. The molecule has 0 bridgehead atoms. The van der Waals surface area contributed by atoms with Gasteiger partial charge in [0.15, 0.2) is 0 Å². The highest BCUT2D eigenvalue weighted by molar-refractivity contribution is 5.76. The Bertz CT molecular complexity index is 758. The molecule has 0 fully saturated rings. The highest BCUT2D eigenvalue weighted by Crippen LogP contribution is 2.09. The van der Waals surface area contributed by atoms with Gasteiger partial charge in [-0.1, -0.05) is 13.0 Å². The maximum atomic E-state index is 12.0. The van der Waals surface area contributed by atoms with Crippen LogP contribution < -0.4 is 5.32 Å². The fraction of sp³-hybridized carbons (Fsp3) is 0.267. The Morgan fingerprint density at radius 2 is 2.24 bits per heavy atom.